The highest BCUT2D eigenvalue weighted by Gasteiger charge is 2.86. The molecule has 0 aromatic heterocycles. The molecule has 7 nitrogen and oxygen atoms in total. The molecule has 3 aliphatic heterocycles. The summed E-state index contributed by atoms with van der Waals surface area (Å²) < 4.78 is 3.41. The Labute approximate surface area is 166 Å². The molecule has 4 unspecified atom stereocenters. The zero-order valence-electron chi connectivity index (χ0n) is 14.0. The van der Waals surface area contributed by atoms with Gasteiger partial charge in [-0.2, -0.15) is 0 Å². The number of hydrogen-bond donors (Lipinski definition) is 0. The number of carbonyl (C=O) groups excluding carboxylic acids is 2. The van der Waals surface area contributed by atoms with E-state index < -0.39 is 16.1 Å². The fraction of sp³-hybridized carbons (Fsp3) is 0.500. The van der Waals surface area contributed by atoms with Crippen molar-refractivity contribution >= 4 is 52.4 Å². The van der Waals surface area contributed by atoms with Crippen LogP contribution in [0.3, 0.4) is 0 Å². The SMILES string of the molecule is CN1C(=O)C2N(C(N3CCOCC3)C(Cl)(Cl)Cl)[N+]2(c2ccccc2)C1=O. The Hall–Kier alpha value is -0.930. The van der Waals surface area contributed by atoms with Crippen LogP contribution >= 0.6 is 34.8 Å². The minimum Gasteiger partial charge on any atom is -0.379 e. The minimum atomic E-state index is -1.71. The number of imide groups is 1. The second kappa shape index (κ2) is 6.31. The molecule has 0 radical (unpaired) electrons. The van der Waals surface area contributed by atoms with E-state index in [4.69, 9.17) is 39.5 Å². The quantitative estimate of drug-likeness (QED) is 0.325. The second-order valence-corrected chi connectivity index (χ2v) is 8.89. The predicted molar refractivity (Wildman–Crippen MR) is 98.5 cm³/mol. The molecule has 10 heteroatoms. The van der Waals surface area contributed by atoms with E-state index in [1.54, 1.807) is 5.01 Å². The number of alkyl halides is 3. The average molecular weight is 421 g/mol. The van der Waals surface area contributed by atoms with Crippen molar-refractivity contribution in [3.63, 3.8) is 0 Å². The van der Waals surface area contributed by atoms with Crippen molar-refractivity contribution in [3.8, 4) is 0 Å². The monoisotopic (exact) mass is 419 g/mol. The highest BCUT2D eigenvalue weighted by Crippen LogP contribution is 2.55. The van der Waals surface area contributed by atoms with Crippen LogP contribution in [0.2, 0.25) is 0 Å². The van der Waals surface area contributed by atoms with E-state index in [2.05, 4.69) is 0 Å². The molecule has 1 aromatic carbocycles. The molecular formula is C16H18Cl3N4O3+. The number of nitrogens with zero attached hydrogens (tertiary/aromatic N) is 4. The number of hydrogen-bond acceptors (Lipinski definition) is 5. The fourth-order valence-electron chi connectivity index (χ4n) is 3.94. The van der Waals surface area contributed by atoms with E-state index in [0.717, 1.165) is 4.90 Å². The van der Waals surface area contributed by atoms with Gasteiger partial charge in [-0.05, 0) is 5.01 Å². The maximum atomic E-state index is 13.1. The number of amides is 3. The van der Waals surface area contributed by atoms with Crippen LogP contribution < -0.4 is 4.59 Å². The second-order valence-electron chi connectivity index (χ2n) is 6.52. The van der Waals surface area contributed by atoms with Gasteiger partial charge in [0, 0.05) is 32.3 Å². The van der Waals surface area contributed by atoms with E-state index in [1.165, 1.54) is 7.05 Å². The van der Waals surface area contributed by atoms with Gasteiger partial charge >= 0.3 is 18.1 Å². The molecule has 3 fully saturated rings. The molecule has 26 heavy (non-hydrogen) atoms. The first-order valence-electron chi connectivity index (χ1n) is 8.25. The number of ether oxygens (including phenoxy) is 1. The zero-order valence-corrected chi connectivity index (χ0v) is 16.3. The van der Waals surface area contributed by atoms with Crippen molar-refractivity contribution in [3.05, 3.63) is 30.3 Å². The Kier molecular flexibility index (Phi) is 4.47. The van der Waals surface area contributed by atoms with Crippen molar-refractivity contribution in [2.24, 2.45) is 0 Å². The summed E-state index contributed by atoms with van der Waals surface area (Å²) in [6.45, 7) is 2.11. The van der Waals surface area contributed by atoms with Crippen LogP contribution in [-0.2, 0) is 9.53 Å². The molecule has 1 aromatic rings. The fourth-order valence-corrected chi connectivity index (χ4v) is 4.65. The number of likely N-dealkylation sites (N-methyl/N-ethyl adjacent to an activating group) is 1. The summed E-state index contributed by atoms with van der Waals surface area (Å²) in [5.41, 5.74) is 0.674. The van der Waals surface area contributed by atoms with E-state index >= 15 is 0 Å². The van der Waals surface area contributed by atoms with Crippen LogP contribution in [0.5, 0.6) is 0 Å². The molecule has 3 aliphatic rings. The minimum absolute atomic E-state index is 0.272. The lowest BCUT2D eigenvalue weighted by Crippen LogP contribution is -2.59. The largest absolute Gasteiger partial charge is 0.452 e. The molecule has 0 aliphatic carbocycles. The van der Waals surface area contributed by atoms with Crippen molar-refractivity contribution in [1.29, 1.82) is 0 Å². The van der Waals surface area contributed by atoms with Gasteiger partial charge < -0.3 is 4.74 Å². The normalized spacial score (nSPS) is 33.3. The summed E-state index contributed by atoms with van der Waals surface area (Å²) in [4.78, 5) is 28.9. The van der Waals surface area contributed by atoms with Crippen LogP contribution in [0, 0.1) is 0 Å². The van der Waals surface area contributed by atoms with Gasteiger partial charge in [0.1, 0.15) is 0 Å². The van der Waals surface area contributed by atoms with E-state index in [1.807, 2.05) is 35.2 Å². The van der Waals surface area contributed by atoms with Crippen LogP contribution in [0.4, 0.5) is 10.5 Å². The number of para-hydroxylation sites is 1. The Balaban J connectivity index is 1.80. The first-order valence-corrected chi connectivity index (χ1v) is 9.38. The predicted octanol–water partition coefficient (Wildman–Crippen LogP) is 2.17. The third kappa shape index (κ3) is 2.50. The number of fused-ring (bicyclic) bond motifs is 1. The van der Waals surface area contributed by atoms with Crippen LogP contribution in [0.25, 0.3) is 0 Å². The number of benzene rings is 1. The van der Waals surface area contributed by atoms with Crippen molar-refractivity contribution in [1.82, 2.24) is 19.4 Å². The Morgan fingerprint density at radius 2 is 1.77 bits per heavy atom. The van der Waals surface area contributed by atoms with Crippen LogP contribution in [-0.4, -0.2) is 76.2 Å². The lowest BCUT2D eigenvalue weighted by Gasteiger charge is -2.38. The smallest absolute Gasteiger partial charge is 0.379 e. The van der Waals surface area contributed by atoms with E-state index in [9.17, 15) is 9.59 Å². The maximum absolute atomic E-state index is 13.1. The van der Waals surface area contributed by atoms with Gasteiger partial charge in [-0.25, -0.2) is 9.69 Å². The molecular weight excluding hydrogens is 403 g/mol. The standard InChI is InChI=1S/C16H18Cl3N4O3/c1-20-13(24)12-22(14(16(17,18)19)21-7-9-26-10-8-21)23(12,15(20)25)11-5-3-2-4-6-11/h2-6,12,14H,7-10H2,1H3/q+1. The number of morpholine rings is 1. The van der Waals surface area contributed by atoms with Gasteiger partial charge in [-0.15, -0.1) is 0 Å². The summed E-state index contributed by atoms with van der Waals surface area (Å²) in [6.07, 6.45) is -1.46. The number of carbonyl (C=O) groups is 2. The highest BCUT2D eigenvalue weighted by molar-refractivity contribution is 6.68. The molecule has 3 saturated heterocycles. The van der Waals surface area contributed by atoms with Crippen molar-refractivity contribution in [2.45, 2.75) is 16.1 Å². The molecule has 0 bridgehead atoms. The Morgan fingerprint density at radius 1 is 1.15 bits per heavy atom. The van der Waals surface area contributed by atoms with Gasteiger partial charge in [0.25, 0.3) is 0 Å². The molecule has 0 saturated carbocycles. The van der Waals surface area contributed by atoms with Gasteiger partial charge in [-0.3, -0.25) is 9.69 Å². The zero-order chi connectivity index (χ0) is 18.7. The third-order valence-electron chi connectivity index (χ3n) is 5.13. The number of rotatable bonds is 3. The van der Waals surface area contributed by atoms with Crippen LogP contribution in [0.1, 0.15) is 0 Å². The average Bonchev–Trinajstić information content (AvgIpc) is 3.24. The number of quaternary nitrogens is 1. The van der Waals surface area contributed by atoms with Gasteiger partial charge in [0.15, 0.2) is 11.9 Å². The molecule has 3 amide bonds. The first-order chi connectivity index (χ1) is 12.3. The summed E-state index contributed by atoms with van der Waals surface area (Å²) in [5.74, 6) is -0.300. The lowest BCUT2D eigenvalue weighted by atomic mass is 10.3. The maximum Gasteiger partial charge on any atom is 0.452 e. The summed E-state index contributed by atoms with van der Waals surface area (Å²) in [7, 11) is 1.48. The first kappa shape index (κ1) is 18.4. The number of urea groups is 1. The Morgan fingerprint density at radius 3 is 2.35 bits per heavy atom. The third-order valence-corrected chi connectivity index (χ3v) is 5.71. The highest BCUT2D eigenvalue weighted by atomic mass is 35.6. The lowest BCUT2D eigenvalue weighted by molar-refractivity contribution is -0.127. The van der Waals surface area contributed by atoms with E-state index in [0.29, 0.717) is 32.0 Å². The molecule has 4 rings (SSSR count). The molecule has 0 N–H and O–H groups in total. The summed E-state index contributed by atoms with van der Waals surface area (Å²) >= 11 is 19.0. The van der Waals surface area contributed by atoms with E-state index in [-0.39, 0.29) is 16.5 Å². The van der Waals surface area contributed by atoms with Gasteiger partial charge in [-0.1, -0.05) is 57.6 Å². The molecule has 3 heterocycles. The van der Waals surface area contributed by atoms with Crippen LogP contribution in [0.15, 0.2) is 30.3 Å². The topological polar surface area (TPSA) is 52.9 Å². The number of halogens is 3. The summed E-state index contributed by atoms with van der Waals surface area (Å²) in [5, 5.41) is 1.69. The van der Waals surface area contributed by atoms with Crippen molar-refractivity contribution < 1.29 is 14.3 Å². The molecule has 140 valence electrons. The summed E-state index contributed by atoms with van der Waals surface area (Å²) in [6, 6.07) is 8.78. The molecule has 4 atom stereocenters. The van der Waals surface area contributed by atoms with Gasteiger partial charge in [0.2, 0.25) is 3.79 Å². The molecule has 0 spiro atoms. The van der Waals surface area contributed by atoms with Crippen molar-refractivity contribution in [2.75, 3.05) is 33.4 Å². The van der Waals surface area contributed by atoms with Gasteiger partial charge in [0.05, 0.1) is 13.2 Å². The Bertz CT molecular complexity index is 738.